The van der Waals surface area contributed by atoms with Crippen LogP contribution in [0.5, 0.6) is 5.75 Å². The van der Waals surface area contributed by atoms with Gasteiger partial charge in [0, 0.05) is 13.7 Å². The lowest BCUT2D eigenvalue weighted by molar-refractivity contribution is 0.0489. The molecule has 0 aliphatic heterocycles. The second-order valence-corrected chi connectivity index (χ2v) is 5.09. The molecule has 118 valence electrons. The lowest BCUT2D eigenvalue weighted by Crippen LogP contribution is -2.07. The van der Waals surface area contributed by atoms with Gasteiger partial charge in [0.2, 0.25) is 0 Å². The fourth-order valence-corrected chi connectivity index (χ4v) is 1.90. The summed E-state index contributed by atoms with van der Waals surface area (Å²) in [5.74, 6) is 0.233. The molecule has 4 nitrogen and oxygen atoms in total. The summed E-state index contributed by atoms with van der Waals surface area (Å²) >= 11 is 6.11. The van der Waals surface area contributed by atoms with Crippen LogP contribution in [0.2, 0.25) is 5.02 Å². The molecule has 1 rings (SSSR count). The van der Waals surface area contributed by atoms with Gasteiger partial charge in [0.05, 0.1) is 23.8 Å². The molecule has 1 aromatic carbocycles. The maximum absolute atomic E-state index is 11.8. The molecular formula is C16H23ClO4. The zero-order valence-corrected chi connectivity index (χ0v) is 13.4. The summed E-state index contributed by atoms with van der Waals surface area (Å²) < 4.78 is 15.6. The monoisotopic (exact) mass is 314 g/mol. The van der Waals surface area contributed by atoms with Crippen LogP contribution in [0.25, 0.3) is 0 Å². The molecule has 0 bridgehead atoms. The van der Waals surface area contributed by atoms with Gasteiger partial charge in [-0.1, -0.05) is 24.9 Å². The first kappa shape index (κ1) is 17.8. The van der Waals surface area contributed by atoms with E-state index in [9.17, 15) is 4.79 Å². The van der Waals surface area contributed by atoms with Crippen LogP contribution in [0, 0.1) is 0 Å². The Labute approximate surface area is 131 Å². The summed E-state index contributed by atoms with van der Waals surface area (Å²) in [5.41, 5.74) is 0.439. The van der Waals surface area contributed by atoms with Crippen molar-refractivity contribution in [1.29, 1.82) is 0 Å². The molecule has 0 radical (unpaired) electrons. The lowest BCUT2D eigenvalue weighted by atomic mass is 10.2. The molecule has 0 aromatic heterocycles. The Hall–Kier alpha value is -1.26. The van der Waals surface area contributed by atoms with Crippen LogP contribution in [0.15, 0.2) is 18.2 Å². The second kappa shape index (κ2) is 10.5. The van der Waals surface area contributed by atoms with Crippen LogP contribution in [0.1, 0.15) is 43.0 Å². The van der Waals surface area contributed by atoms with Gasteiger partial charge in [0.15, 0.2) is 0 Å². The van der Waals surface area contributed by atoms with E-state index in [-0.39, 0.29) is 5.97 Å². The van der Waals surface area contributed by atoms with Gasteiger partial charge in [0.1, 0.15) is 5.75 Å². The maximum Gasteiger partial charge on any atom is 0.338 e. The lowest BCUT2D eigenvalue weighted by Gasteiger charge is -2.09. The van der Waals surface area contributed by atoms with E-state index in [1.807, 2.05) is 0 Å². The first-order chi connectivity index (χ1) is 10.2. The topological polar surface area (TPSA) is 44.8 Å². The third-order valence-corrected chi connectivity index (χ3v) is 3.19. The number of rotatable bonds is 10. The number of hydrogen-bond donors (Lipinski definition) is 0. The number of benzene rings is 1. The molecule has 0 N–H and O–H groups in total. The first-order valence-corrected chi connectivity index (χ1v) is 7.65. The quantitative estimate of drug-likeness (QED) is 0.482. The average molecular weight is 315 g/mol. The Morgan fingerprint density at radius 1 is 1.14 bits per heavy atom. The van der Waals surface area contributed by atoms with Crippen molar-refractivity contribution in [2.75, 3.05) is 26.9 Å². The van der Waals surface area contributed by atoms with Crippen molar-refractivity contribution in [1.82, 2.24) is 0 Å². The molecule has 0 spiro atoms. The van der Waals surface area contributed by atoms with E-state index in [1.165, 1.54) is 0 Å². The van der Waals surface area contributed by atoms with Gasteiger partial charge in [-0.05, 0) is 37.5 Å². The third kappa shape index (κ3) is 6.82. The minimum absolute atomic E-state index is 0.366. The van der Waals surface area contributed by atoms with E-state index >= 15 is 0 Å². The van der Waals surface area contributed by atoms with Crippen molar-refractivity contribution in [3.8, 4) is 5.75 Å². The molecule has 0 heterocycles. The molecule has 0 saturated heterocycles. The third-order valence-electron chi connectivity index (χ3n) is 2.90. The molecule has 21 heavy (non-hydrogen) atoms. The van der Waals surface area contributed by atoms with Gasteiger partial charge in [-0.25, -0.2) is 4.79 Å². The number of hydrogen-bond acceptors (Lipinski definition) is 4. The van der Waals surface area contributed by atoms with Crippen molar-refractivity contribution in [3.63, 3.8) is 0 Å². The van der Waals surface area contributed by atoms with Crippen LogP contribution in [-0.4, -0.2) is 32.9 Å². The fourth-order valence-electron chi connectivity index (χ4n) is 1.67. The van der Waals surface area contributed by atoms with Crippen molar-refractivity contribution in [3.05, 3.63) is 28.8 Å². The first-order valence-electron chi connectivity index (χ1n) is 7.27. The van der Waals surface area contributed by atoms with Gasteiger partial charge in [0.25, 0.3) is 0 Å². The number of esters is 1. The molecule has 1 aromatic rings. The van der Waals surface area contributed by atoms with Crippen LogP contribution in [-0.2, 0) is 9.47 Å². The number of carbonyl (C=O) groups excluding carboxylic acids is 1. The Morgan fingerprint density at radius 3 is 2.57 bits per heavy atom. The molecule has 5 heteroatoms. The van der Waals surface area contributed by atoms with Crippen LogP contribution < -0.4 is 4.74 Å². The zero-order chi connectivity index (χ0) is 15.5. The predicted octanol–water partition coefficient (Wildman–Crippen LogP) is 4.10. The highest BCUT2D eigenvalue weighted by Gasteiger charge is 2.10. The Bertz CT molecular complexity index is 434. The van der Waals surface area contributed by atoms with Gasteiger partial charge in [-0.3, -0.25) is 0 Å². The second-order valence-electron chi connectivity index (χ2n) is 4.68. The van der Waals surface area contributed by atoms with Crippen molar-refractivity contribution >= 4 is 17.6 Å². The summed E-state index contributed by atoms with van der Waals surface area (Å²) in [5, 5.41) is 0.430. The van der Waals surface area contributed by atoms with E-state index in [1.54, 1.807) is 25.3 Å². The summed E-state index contributed by atoms with van der Waals surface area (Å²) in [6, 6.07) is 4.96. The Morgan fingerprint density at radius 2 is 1.90 bits per heavy atom. The molecule has 0 aliphatic rings. The number of carbonyl (C=O) groups is 1. The van der Waals surface area contributed by atoms with Gasteiger partial charge in [-0.15, -0.1) is 0 Å². The molecule has 0 unspecified atom stereocenters. The highest BCUT2D eigenvalue weighted by atomic mass is 35.5. The average Bonchev–Trinajstić information content (AvgIpc) is 2.48. The van der Waals surface area contributed by atoms with Crippen LogP contribution in [0.3, 0.4) is 0 Å². The van der Waals surface area contributed by atoms with E-state index < -0.39 is 0 Å². The summed E-state index contributed by atoms with van der Waals surface area (Å²) in [4.78, 5) is 11.8. The SMILES string of the molecule is CCCCOc1ccc(C(=O)OCCCCOC)cc1Cl. The number of methoxy groups -OCH3 is 1. The largest absolute Gasteiger partial charge is 0.492 e. The molecule has 0 atom stereocenters. The van der Waals surface area contributed by atoms with Crippen LogP contribution in [0.4, 0.5) is 0 Å². The van der Waals surface area contributed by atoms with Gasteiger partial charge in [-0.2, -0.15) is 0 Å². The summed E-state index contributed by atoms with van der Waals surface area (Å²) in [7, 11) is 1.65. The highest BCUT2D eigenvalue weighted by Crippen LogP contribution is 2.26. The Kier molecular flexibility index (Phi) is 8.87. The van der Waals surface area contributed by atoms with Crippen molar-refractivity contribution < 1.29 is 19.0 Å². The van der Waals surface area contributed by atoms with Crippen LogP contribution >= 0.6 is 11.6 Å². The predicted molar refractivity (Wildman–Crippen MR) is 83.2 cm³/mol. The van der Waals surface area contributed by atoms with E-state index in [0.717, 1.165) is 25.7 Å². The molecule has 0 saturated carbocycles. The van der Waals surface area contributed by atoms with Crippen molar-refractivity contribution in [2.45, 2.75) is 32.6 Å². The molecule has 0 fully saturated rings. The number of unbranched alkanes of at least 4 members (excludes halogenated alkanes) is 2. The number of halogens is 1. The smallest absolute Gasteiger partial charge is 0.338 e. The van der Waals surface area contributed by atoms with E-state index in [0.29, 0.717) is 36.2 Å². The van der Waals surface area contributed by atoms with Gasteiger partial charge < -0.3 is 14.2 Å². The molecule has 0 amide bonds. The fraction of sp³-hybridized carbons (Fsp3) is 0.562. The minimum atomic E-state index is -0.366. The standard InChI is InChI=1S/C16H23ClO4/c1-3-4-10-20-15-8-7-13(12-14(15)17)16(18)21-11-6-5-9-19-2/h7-8,12H,3-6,9-11H2,1-2H3. The minimum Gasteiger partial charge on any atom is -0.492 e. The molecule has 0 aliphatic carbocycles. The summed E-state index contributed by atoms with van der Waals surface area (Å²) in [6.07, 6.45) is 3.69. The van der Waals surface area contributed by atoms with Crippen molar-refractivity contribution in [2.24, 2.45) is 0 Å². The molecular weight excluding hydrogens is 292 g/mol. The number of ether oxygens (including phenoxy) is 3. The normalized spacial score (nSPS) is 10.4. The van der Waals surface area contributed by atoms with Gasteiger partial charge >= 0.3 is 5.97 Å². The zero-order valence-electron chi connectivity index (χ0n) is 12.7. The summed E-state index contributed by atoms with van der Waals surface area (Å²) in [6.45, 7) is 3.78. The Balaban J connectivity index is 2.44. The van der Waals surface area contributed by atoms with E-state index in [2.05, 4.69) is 6.92 Å². The van der Waals surface area contributed by atoms with E-state index in [4.69, 9.17) is 25.8 Å². The maximum atomic E-state index is 11.8. The highest BCUT2D eigenvalue weighted by molar-refractivity contribution is 6.32.